The molecular formula is C17H17ClFN3O3S. The quantitative estimate of drug-likeness (QED) is 0.864. The lowest BCUT2D eigenvalue weighted by molar-refractivity contribution is 0.200. The number of carbonyl (C=O) groups is 1. The Balaban J connectivity index is 1.59. The topological polar surface area (TPSA) is 69.7 Å². The first-order valence-electron chi connectivity index (χ1n) is 7.93. The van der Waals surface area contributed by atoms with Gasteiger partial charge in [0.1, 0.15) is 5.82 Å². The molecule has 26 heavy (non-hydrogen) atoms. The predicted octanol–water partition coefficient (Wildman–Crippen LogP) is 2.70. The fourth-order valence-electron chi connectivity index (χ4n) is 2.67. The van der Waals surface area contributed by atoms with Crippen LogP contribution < -0.4 is 9.62 Å². The van der Waals surface area contributed by atoms with Crippen LogP contribution in [0.2, 0.25) is 5.02 Å². The molecule has 0 spiro atoms. The summed E-state index contributed by atoms with van der Waals surface area (Å²) in [5, 5.41) is 0.409. The van der Waals surface area contributed by atoms with E-state index in [1.807, 2.05) is 4.90 Å². The summed E-state index contributed by atoms with van der Waals surface area (Å²) in [6, 6.07) is 11.0. The smallest absolute Gasteiger partial charge is 0.331 e. The molecule has 0 aromatic heterocycles. The van der Waals surface area contributed by atoms with E-state index in [1.54, 1.807) is 12.1 Å². The number of carbonyl (C=O) groups excluding carboxylic acids is 1. The number of urea groups is 1. The lowest BCUT2D eigenvalue weighted by Gasteiger charge is -2.35. The Morgan fingerprint density at radius 3 is 2.12 bits per heavy atom. The second-order valence-electron chi connectivity index (χ2n) is 5.82. The van der Waals surface area contributed by atoms with E-state index in [-0.39, 0.29) is 10.7 Å². The zero-order valence-corrected chi connectivity index (χ0v) is 15.3. The number of halogens is 2. The highest BCUT2D eigenvalue weighted by molar-refractivity contribution is 7.90. The van der Waals surface area contributed by atoms with E-state index in [0.29, 0.717) is 31.2 Å². The third-order valence-electron chi connectivity index (χ3n) is 4.10. The highest BCUT2D eigenvalue weighted by atomic mass is 35.5. The van der Waals surface area contributed by atoms with Gasteiger partial charge in [-0.05, 0) is 48.5 Å². The molecule has 0 saturated carbocycles. The Labute approximate surface area is 156 Å². The van der Waals surface area contributed by atoms with E-state index in [4.69, 9.17) is 11.6 Å². The number of hydrogen-bond donors (Lipinski definition) is 1. The van der Waals surface area contributed by atoms with Gasteiger partial charge >= 0.3 is 6.03 Å². The Morgan fingerprint density at radius 1 is 0.962 bits per heavy atom. The van der Waals surface area contributed by atoms with Crippen LogP contribution in [0.3, 0.4) is 0 Å². The molecule has 1 N–H and O–H groups in total. The molecule has 0 atom stereocenters. The van der Waals surface area contributed by atoms with E-state index in [9.17, 15) is 17.6 Å². The van der Waals surface area contributed by atoms with Gasteiger partial charge < -0.3 is 9.80 Å². The van der Waals surface area contributed by atoms with E-state index in [0.717, 1.165) is 5.69 Å². The van der Waals surface area contributed by atoms with Crippen molar-refractivity contribution in [3.8, 4) is 0 Å². The number of amides is 2. The van der Waals surface area contributed by atoms with E-state index < -0.39 is 16.1 Å². The number of sulfonamides is 1. The molecule has 0 bridgehead atoms. The number of nitrogens with one attached hydrogen (secondary N) is 1. The molecule has 0 radical (unpaired) electrons. The van der Waals surface area contributed by atoms with Crippen LogP contribution >= 0.6 is 11.6 Å². The molecular weight excluding hydrogens is 381 g/mol. The van der Waals surface area contributed by atoms with Gasteiger partial charge in [-0.2, -0.15) is 0 Å². The van der Waals surface area contributed by atoms with Crippen molar-refractivity contribution in [2.75, 3.05) is 31.1 Å². The number of piperazine rings is 1. The molecule has 1 heterocycles. The molecule has 0 unspecified atom stereocenters. The first-order chi connectivity index (χ1) is 12.3. The fraction of sp³-hybridized carbons (Fsp3) is 0.235. The summed E-state index contributed by atoms with van der Waals surface area (Å²) in [4.78, 5) is 15.7. The van der Waals surface area contributed by atoms with Gasteiger partial charge in [0.05, 0.1) is 4.90 Å². The van der Waals surface area contributed by atoms with Gasteiger partial charge in [0, 0.05) is 36.9 Å². The average Bonchev–Trinajstić information content (AvgIpc) is 2.62. The maximum atomic E-state index is 13.0. The van der Waals surface area contributed by atoms with Crippen LogP contribution in [0.1, 0.15) is 0 Å². The van der Waals surface area contributed by atoms with Crippen LogP contribution in [-0.2, 0) is 10.0 Å². The third-order valence-corrected chi connectivity index (χ3v) is 5.69. The minimum Gasteiger partial charge on any atom is -0.368 e. The van der Waals surface area contributed by atoms with Crippen LogP contribution in [0.25, 0.3) is 0 Å². The summed E-state index contributed by atoms with van der Waals surface area (Å²) in [7, 11) is -3.95. The van der Waals surface area contributed by atoms with Crippen LogP contribution in [0.5, 0.6) is 0 Å². The van der Waals surface area contributed by atoms with Crippen LogP contribution in [0, 0.1) is 5.82 Å². The monoisotopic (exact) mass is 397 g/mol. The van der Waals surface area contributed by atoms with Gasteiger partial charge in [0.15, 0.2) is 0 Å². The van der Waals surface area contributed by atoms with Crippen molar-refractivity contribution < 1.29 is 17.6 Å². The summed E-state index contributed by atoms with van der Waals surface area (Å²) < 4.78 is 39.6. The Kier molecular flexibility index (Phi) is 5.33. The molecule has 2 aromatic rings. The molecule has 6 nitrogen and oxygen atoms in total. The normalized spacial score (nSPS) is 15.0. The van der Waals surface area contributed by atoms with Crippen LogP contribution in [0.15, 0.2) is 53.4 Å². The number of anilines is 1. The van der Waals surface area contributed by atoms with Gasteiger partial charge in [0.25, 0.3) is 10.0 Å². The maximum Gasteiger partial charge on any atom is 0.331 e. The standard InChI is InChI=1S/C17H17ClFN3O3S/c18-13-1-7-16(8-2-13)26(24,25)20-17(23)22-11-9-21(10-12-22)15-5-3-14(19)4-6-15/h1-8H,9-12H2,(H,20,23). The van der Waals surface area contributed by atoms with E-state index >= 15 is 0 Å². The average molecular weight is 398 g/mol. The fourth-order valence-corrected chi connectivity index (χ4v) is 3.77. The molecule has 1 aliphatic heterocycles. The molecule has 138 valence electrons. The van der Waals surface area contributed by atoms with Crippen molar-refractivity contribution in [1.29, 1.82) is 0 Å². The van der Waals surface area contributed by atoms with Crippen LogP contribution in [0.4, 0.5) is 14.9 Å². The van der Waals surface area contributed by atoms with Crippen molar-refractivity contribution in [2.24, 2.45) is 0 Å². The minimum absolute atomic E-state index is 0.0276. The van der Waals surface area contributed by atoms with Crippen molar-refractivity contribution in [3.05, 3.63) is 59.4 Å². The lowest BCUT2D eigenvalue weighted by atomic mass is 10.2. The van der Waals surface area contributed by atoms with Crippen molar-refractivity contribution >= 4 is 33.3 Å². The second kappa shape index (κ2) is 7.51. The molecule has 2 amide bonds. The third kappa shape index (κ3) is 4.25. The Bertz CT molecular complexity index is 880. The SMILES string of the molecule is O=C(NS(=O)(=O)c1ccc(Cl)cc1)N1CCN(c2ccc(F)cc2)CC1. The molecule has 9 heteroatoms. The molecule has 1 aliphatic rings. The van der Waals surface area contributed by atoms with Crippen molar-refractivity contribution in [1.82, 2.24) is 9.62 Å². The maximum absolute atomic E-state index is 13.0. The molecule has 1 fully saturated rings. The van der Waals surface area contributed by atoms with Gasteiger partial charge in [0.2, 0.25) is 0 Å². The Hall–Kier alpha value is -2.32. The van der Waals surface area contributed by atoms with Crippen LogP contribution in [-0.4, -0.2) is 45.5 Å². The number of hydrogen-bond acceptors (Lipinski definition) is 4. The van der Waals surface area contributed by atoms with Crippen molar-refractivity contribution in [2.45, 2.75) is 4.90 Å². The summed E-state index contributed by atoms with van der Waals surface area (Å²) >= 11 is 5.75. The second-order valence-corrected chi connectivity index (χ2v) is 7.93. The largest absolute Gasteiger partial charge is 0.368 e. The molecule has 3 rings (SSSR count). The zero-order chi connectivity index (χ0) is 18.7. The molecule has 0 aliphatic carbocycles. The summed E-state index contributed by atoms with van der Waals surface area (Å²) in [6.07, 6.45) is 0. The lowest BCUT2D eigenvalue weighted by Crippen LogP contribution is -2.52. The summed E-state index contributed by atoms with van der Waals surface area (Å²) in [5.74, 6) is -0.306. The number of nitrogens with zero attached hydrogens (tertiary/aromatic N) is 2. The predicted molar refractivity (Wildman–Crippen MR) is 97.4 cm³/mol. The summed E-state index contributed by atoms with van der Waals surface area (Å²) in [5.41, 5.74) is 0.861. The first-order valence-corrected chi connectivity index (χ1v) is 9.79. The van der Waals surface area contributed by atoms with Gasteiger partial charge in [-0.25, -0.2) is 22.3 Å². The number of rotatable bonds is 3. The highest BCUT2D eigenvalue weighted by Crippen LogP contribution is 2.18. The Morgan fingerprint density at radius 2 is 1.54 bits per heavy atom. The number of benzene rings is 2. The first kappa shape index (κ1) is 18.5. The van der Waals surface area contributed by atoms with E-state index in [2.05, 4.69) is 4.72 Å². The highest BCUT2D eigenvalue weighted by Gasteiger charge is 2.25. The summed E-state index contributed by atoms with van der Waals surface area (Å²) in [6.45, 7) is 1.78. The van der Waals surface area contributed by atoms with Gasteiger partial charge in [-0.1, -0.05) is 11.6 Å². The molecule has 1 saturated heterocycles. The van der Waals surface area contributed by atoms with Gasteiger partial charge in [-0.15, -0.1) is 0 Å². The van der Waals surface area contributed by atoms with E-state index in [1.165, 1.54) is 41.3 Å². The molecule has 2 aromatic carbocycles. The minimum atomic E-state index is -3.95. The zero-order valence-electron chi connectivity index (χ0n) is 13.7. The van der Waals surface area contributed by atoms with Gasteiger partial charge in [-0.3, -0.25) is 0 Å². The van der Waals surface area contributed by atoms with Crippen molar-refractivity contribution in [3.63, 3.8) is 0 Å².